The molecule has 1 fully saturated rings. The van der Waals surface area contributed by atoms with Gasteiger partial charge in [-0.2, -0.15) is 0 Å². The number of Topliss-reactive ketones (excluding diaryl/α,β-unsaturated/α-hetero) is 1. The number of ketones is 1. The van der Waals surface area contributed by atoms with Gasteiger partial charge in [0.05, 0.1) is 37.8 Å². The Hall–Kier alpha value is -4.30. The first-order chi connectivity index (χ1) is 17.2. The lowest BCUT2D eigenvalue weighted by Gasteiger charge is -2.26. The molecule has 36 heavy (non-hydrogen) atoms. The van der Waals surface area contributed by atoms with Crippen LogP contribution in [0.25, 0.3) is 5.76 Å². The van der Waals surface area contributed by atoms with E-state index in [1.54, 1.807) is 42.5 Å². The number of amides is 1. The van der Waals surface area contributed by atoms with Crippen LogP contribution in [0.4, 0.5) is 5.69 Å². The van der Waals surface area contributed by atoms with Gasteiger partial charge < -0.3 is 19.7 Å². The highest BCUT2D eigenvalue weighted by molar-refractivity contribution is 6.51. The van der Waals surface area contributed by atoms with Gasteiger partial charge in [0.15, 0.2) is 0 Å². The summed E-state index contributed by atoms with van der Waals surface area (Å²) in [6.07, 6.45) is 0.0418. The number of methoxy groups -OCH3 is 2. The quantitative estimate of drug-likeness (QED) is 0.220. The van der Waals surface area contributed by atoms with E-state index in [0.29, 0.717) is 21.8 Å². The molecule has 4 rings (SSSR count). The Labute approximate surface area is 211 Å². The van der Waals surface area contributed by atoms with Gasteiger partial charge in [-0.05, 0) is 53.6 Å². The van der Waals surface area contributed by atoms with Crippen LogP contribution in [0.3, 0.4) is 0 Å². The first-order valence-electron chi connectivity index (χ1n) is 10.8. The molecule has 1 heterocycles. The molecule has 0 bridgehead atoms. The van der Waals surface area contributed by atoms with Crippen LogP contribution in [-0.2, 0) is 25.5 Å². The predicted molar refractivity (Wildman–Crippen MR) is 133 cm³/mol. The fourth-order valence-corrected chi connectivity index (χ4v) is 4.30. The molecule has 3 aromatic rings. The molecule has 1 aliphatic rings. The predicted octanol–water partition coefficient (Wildman–Crippen LogP) is 4.40. The second-order valence-electron chi connectivity index (χ2n) is 8.03. The molecule has 8 nitrogen and oxygen atoms in total. The van der Waals surface area contributed by atoms with Crippen LogP contribution in [0.2, 0.25) is 5.02 Å². The summed E-state index contributed by atoms with van der Waals surface area (Å²) >= 11 is 6.13. The SMILES string of the molecule is COC(=O)Cc1ccc(N2C(=O)C(=O)/C(=C(/O)c3cc(Cl)ccc3OC)C2c2cccc(O)c2)cc1. The van der Waals surface area contributed by atoms with E-state index >= 15 is 0 Å². The highest BCUT2D eigenvalue weighted by atomic mass is 35.5. The number of hydrogen-bond donors (Lipinski definition) is 2. The third kappa shape index (κ3) is 4.63. The molecular formula is C27H22ClNO7. The van der Waals surface area contributed by atoms with Crippen molar-refractivity contribution in [1.82, 2.24) is 0 Å². The van der Waals surface area contributed by atoms with Crippen molar-refractivity contribution in [1.29, 1.82) is 0 Å². The van der Waals surface area contributed by atoms with Crippen molar-refractivity contribution >= 4 is 40.7 Å². The summed E-state index contributed by atoms with van der Waals surface area (Å²) in [5, 5.41) is 21.7. The number of phenols is 1. The number of aliphatic hydroxyl groups is 1. The average Bonchev–Trinajstić information content (AvgIpc) is 3.14. The lowest BCUT2D eigenvalue weighted by Crippen LogP contribution is -2.29. The van der Waals surface area contributed by atoms with E-state index in [-0.39, 0.29) is 29.1 Å². The van der Waals surface area contributed by atoms with Gasteiger partial charge in [-0.25, -0.2) is 0 Å². The van der Waals surface area contributed by atoms with Gasteiger partial charge in [0.1, 0.15) is 17.3 Å². The minimum Gasteiger partial charge on any atom is -0.508 e. The molecule has 3 aromatic carbocycles. The maximum atomic E-state index is 13.3. The molecule has 0 aliphatic carbocycles. The second kappa shape index (κ2) is 10.1. The standard InChI is InChI=1S/C27H22ClNO7/c1-35-21-11-8-17(28)14-20(21)25(32)23-24(16-4-3-5-19(30)13-16)29(27(34)26(23)33)18-9-6-15(7-10-18)12-22(31)36-2/h3-11,13-14,24,30,32H,12H2,1-2H3/b25-23+. The van der Waals surface area contributed by atoms with Gasteiger partial charge in [0.25, 0.3) is 11.7 Å². The third-order valence-corrected chi connectivity index (χ3v) is 6.07. The van der Waals surface area contributed by atoms with E-state index in [1.807, 2.05) is 0 Å². The van der Waals surface area contributed by atoms with Crippen LogP contribution in [0.1, 0.15) is 22.7 Å². The van der Waals surface area contributed by atoms with E-state index < -0.39 is 29.5 Å². The smallest absolute Gasteiger partial charge is 0.309 e. The molecule has 1 amide bonds. The number of aliphatic hydroxyl groups excluding tert-OH is 1. The lowest BCUT2D eigenvalue weighted by molar-refractivity contribution is -0.139. The number of halogens is 1. The maximum Gasteiger partial charge on any atom is 0.309 e. The van der Waals surface area contributed by atoms with Gasteiger partial charge in [-0.3, -0.25) is 19.3 Å². The van der Waals surface area contributed by atoms with E-state index in [0.717, 1.165) is 0 Å². The average molecular weight is 508 g/mol. The monoisotopic (exact) mass is 507 g/mol. The summed E-state index contributed by atoms with van der Waals surface area (Å²) in [5.74, 6) is -2.49. The summed E-state index contributed by atoms with van der Waals surface area (Å²) in [6, 6.07) is 16.0. The number of ether oxygens (including phenoxy) is 2. The van der Waals surface area contributed by atoms with Crippen molar-refractivity contribution in [2.75, 3.05) is 19.1 Å². The third-order valence-electron chi connectivity index (χ3n) is 5.84. The van der Waals surface area contributed by atoms with Crippen molar-refractivity contribution in [3.8, 4) is 11.5 Å². The largest absolute Gasteiger partial charge is 0.508 e. The van der Waals surface area contributed by atoms with Gasteiger partial charge in [0.2, 0.25) is 0 Å². The van der Waals surface area contributed by atoms with E-state index in [2.05, 4.69) is 4.74 Å². The zero-order valence-corrected chi connectivity index (χ0v) is 20.2. The van der Waals surface area contributed by atoms with Crippen LogP contribution >= 0.6 is 11.6 Å². The molecule has 0 spiro atoms. The lowest BCUT2D eigenvalue weighted by atomic mass is 9.94. The van der Waals surface area contributed by atoms with Crippen molar-refractivity contribution < 1.29 is 34.1 Å². The minimum absolute atomic E-state index is 0.0418. The molecule has 9 heteroatoms. The Bertz CT molecular complexity index is 1380. The van der Waals surface area contributed by atoms with Gasteiger partial charge in [-0.1, -0.05) is 35.9 Å². The Morgan fingerprint density at radius 3 is 2.39 bits per heavy atom. The molecular weight excluding hydrogens is 486 g/mol. The Morgan fingerprint density at radius 2 is 1.75 bits per heavy atom. The molecule has 1 saturated heterocycles. The molecule has 1 atom stereocenters. The van der Waals surface area contributed by atoms with Crippen molar-refractivity contribution in [2.45, 2.75) is 12.5 Å². The number of phenolic OH excluding ortho intramolecular Hbond substituents is 1. The number of hydrogen-bond acceptors (Lipinski definition) is 7. The first kappa shape index (κ1) is 24.8. The molecule has 0 saturated carbocycles. The van der Waals surface area contributed by atoms with Crippen LogP contribution in [0.5, 0.6) is 11.5 Å². The van der Waals surface area contributed by atoms with Crippen molar-refractivity contribution in [3.63, 3.8) is 0 Å². The zero-order valence-electron chi connectivity index (χ0n) is 19.4. The number of carbonyl (C=O) groups is 3. The van der Waals surface area contributed by atoms with Crippen LogP contribution < -0.4 is 9.64 Å². The molecule has 0 radical (unpaired) electrons. The molecule has 2 N–H and O–H groups in total. The Balaban J connectivity index is 1.90. The fourth-order valence-electron chi connectivity index (χ4n) is 4.13. The van der Waals surface area contributed by atoms with Gasteiger partial charge in [-0.15, -0.1) is 0 Å². The summed E-state index contributed by atoms with van der Waals surface area (Å²) in [4.78, 5) is 39.4. The minimum atomic E-state index is -1.06. The first-order valence-corrected chi connectivity index (χ1v) is 11.2. The number of anilines is 1. The van der Waals surface area contributed by atoms with Gasteiger partial charge >= 0.3 is 5.97 Å². The van der Waals surface area contributed by atoms with Crippen molar-refractivity contribution in [3.05, 3.63) is 94.0 Å². The number of carbonyl (C=O) groups excluding carboxylic acids is 3. The van der Waals surface area contributed by atoms with E-state index in [1.165, 1.54) is 43.4 Å². The fraction of sp³-hybridized carbons (Fsp3) is 0.148. The Morgan fingerprint density at radius 1 is 1.03 bits per heavy atom. The van der Waals surface area contributed by atoms with E-state index in [4.69, 9.17) is 16.3 Å². The number of benzene rings is 3. The summed E-state index contributed by atoms with van der Waals surface area (Å²) in [5.41, 5.74) is 1.36. The highest BCUT2D eigenvalue weighted by Crippen LogP contribution is 2.44. The second-order valence-corrected chi connectivity index (χ2v) is 8.46. The topological polar surface area (TPSA) is 113 Å². The molecule has 184 valence electrons. The number of esters is 1. The number of nitrogens with zero attached hydrogens (tertiary/aromatic N) is 1. The summed E-state index contributed by atoms with van der Waals surface area (Å²) < 4.78 is 10.0. The van der Waals surface area contributed by atoms with E-state index in [9.17, 15) is 24.6 Å². The molecule has 1 unspecified atom stereocenters. The Kier molecular flexibility index (Phi) is 6.98. The molecule has 1 aliphatic heterocycles. The van der Waals surface area contributed by atoms with Crippen molar-refractivity contribution in [2.24, 2.45) is 0 Å². The maximum absolute atomic E-state index is 13.3. The number of rotatable bonds is 6. The zero-order chi connectivity index (χ0) is 26.0. The normalized spacial score (nSPS) is 16.8. The van der Waals surface area contributed by atoms with Crippen LogP contribution in [0.15, 0.2) is 72.3 Å². The number of aromatic hydroxyl groups is 1. The van der Waals surface area contributed by atoms with Crippen LogP contribution in [-0.4, -0.2) is 42.1 Å². The summed E-state index contributed by atoms with van der Waals surface area (Å²) in [6.45, 7) is 0. The highest BCUT2D eigenvalue weighted by Gasteiger charge is 2.47. The van der Waals surface area contributed by atoms with Gasteiger partial charge in [0, 0.05) is 10.7 Å². The summed E-state index contributed by atoms with van der Waals surface area (Å²) in [7, 11) is 2.70. The molecule has 0 aromatic heterocycles. The van der Waals surface area contributed by atoms with Crippen LogP contribution in [0, 0.1) is 0 Å².